The van der Waals surface area contributed by atoms with Crippen molar-refractivity contribution in [2.45, 2.75) is 38.8 Å². The van der Waals surface area contributed by atoms with E-state index in [2.05, 4.69) is 22.3 Å². The normalized spacial score (nSPS) is 15.7. The van der Waals surface area contributed by atoms with Crippen LogP contribution in [0.5, 0.6) is 11.5 Å². The smallest absolute Gasteiger partial charge is 0.244 e. The Morgan fingerprint density at radius 2 is 1.88 bits per heavy atom. The molecule has 0 bridgehead atoms. The van der Waals surface area contributed by atoms with E-state index in [-0.39, 0.29) is 41.7 Å². The molecule has 8 heteroatoms. The van der Waals surface area contributed by atoms with Gasteiger partial charge in [-0.25, -0.2) is 0 Å². The van der Waals surface area contributed by atoms with Gasteiger partial charge in [-0.05, 0) is 77.2 Å². The fourth-order valence-corrected chi connectivity index (χ4v) is 3.79. The molecule has 0 radical (unpaired) electrons. The molecule has 1 fully saturated rings. The van der Waals surface area contributed by atoms with Crippen LogP contribution < -0.4 is 16.0 Å². The summed E-state index contributed by atoms with van der Waals surface area (Å²) in [5, 5.41) is 23.2. The van der Waals surface area contributed by atoms with Crippen molar-refractivity contribution in [1.29, 1.82) is 0 Å². The van der Waals surface area contributed by atoms with Gasteiger partial charge in [0, 0.05) is 11.6 Å². The fraction of sp³-hybridized carbons (Fsp3) is 0.417. The third-order valence-corrected chi connectivity index (χ3v) is 5.70. The van der Waals surface area contributed by atoms with Crippen LogP contribution in [-0.4, -0.2) is 65.6 Å². The van der Waals surface area contributed by atoms with E-state index in [1.165, 1.54) is 6.07 Å². The van der Waals surface area contributed by atoms with Crippen LogP contribution >= 0.6 is 0 Å². The van der Waals surface area contributed by atoms with Gasteiger partial charge in [0.2, 0.25) is 5.91 Å². The highest BCUT2D eigenvalue weighted by atomic mass is 16.3. The highest BCUT2D eigenvalue weighted by molar-refractivity contribution is 6.01. The summed E-state index contributed by atoms with van der Waals surface area (Å²) in [5.74, 6) is 0.137. The number of nitrogens with two attached hydrogens (primary N) is 1. The van der Waals surface area contributed by atoms with Gasteiger partial charge in [-0.3, -0.25) is 9.79 Å². The number of benzene rings is 2. The second-order valence-electron chi connectivity index (χ2n) is 8.54. The molecule has 1 saturated heterocycles. The number of para-hydroxylation sites is 2. The zero-order valence-electron chi connectivity index (χ0n) is 19.0. The number of hydrogen-bond donors (Lipinski definition) is 4. The predicted molar refractivity (Wildman–Crippen MR) is 129 cm³/mol. The zero-order valence-corrected chi connectivity index (χ0v) is 19.0. The maximum absolute atomic E-state index is 12.8. The number of aromatic hydroxyl groups is 2. The van der Waals surface area contributed by atoms with Crippen molar-refractivity contribution in [3.8, 4) is 11.5 Å². The number of anilines is 2. The van der Waals surface area contributed by atoms with Crippen molar-refractivity contribution in [3.63, 3.8) is 0 Å². The van der Waals surface area contributed by atoms with Gasteiger partial charge in [0.05, 0.1) is 24.0 Å². The molecule has 3 rings (SSSR count). The molecule has 0 aromatic heterocycles. The van der Waals surface area contributed by atoms with E-state index in [1.54, 1.807) is 35.2 Å². The number of amides is 1. The van der Waals surface area contributed by atoms with E-state index in [0.717, 1.165) is 25.9 Å². The lowest BCUT2D eigenvalue weighted by Crippen LogP contribution is -2.38. The Morgan fingerprint density at radius 3 is 2.53 bits per heavy atom. The number of carbonyl (C=O) groups is 1. The van der Waals surface area contributed by atoms with Crippen LogP contribution in [-0.2, 0) is 4.79 Å². The molecule has 172 valence electrons. The first-order valence-electron chi connectivity index (χ1n) is 10.9. The highest BCUT2D eigenvalue weighted by Gasteiger charge is 2.19. The van der Waals surface area contributed by atoms with E-state index >= 15 is 0 Å². The Balaban J connectivity index is 1.72. The summed E-state index contributed by atoms with van der Waals surface area (Å²) in [5.41, 5.74) is 7.73. The Hall–Kier alpha value is -3.26. The van der Waals surface area contributed by atoms with Crippen molar-refractivity contribution < 1.29 is 15.0 Å². The monoisotopic (exact) mass is 439 g/mol. The van der Waals surface area contributed by atoms with Crippen LogP contribution in [0.25, 0.3) is 0 Å². The number of carbonyl (C=O) groups excluding carboxylic acids is 1. The summed E-state index contributed by atoms with van der Waals surface area (Å²) in [6.07, 6.45) is 1.91. The van der Waals surface area contributed by atoms with E-state index in [1.807, 2.05) is 19.9 Å². The summed E-state index contributed by atoms with van der Waals surface area (Å²) in [4.78, 5) is 21.5. The molecule has 1 aliphatic heterocycles. The van der Waals surface area contributed by atoms with Gasteiger partial charge in [0.25, 0.3) is 0 Å². The molecular formula is C24H33N5O3. The molecule has 32 heavy (non-hydrogen) atoms. The lowest BCUT2D eigenvalue weighted by Gasteiger charge is -2.29. The van der Waals surface area contributed by atoms with Crippen LogP contribution in [0, 0.1) is 0 Å². The summed E-state index contributed by atoms with van der Waals surface area (Å²) < 4.78 is 0. The van der Waals surface area contributed by atoms with Crippen LogP contribution in [0.15, 0.2) is 47.5 Å². The molecule has 0 spiro atoms. The molecule has 0 aliphatic carbocycles. The molecule has 0 atom stereocenters. The summed E-state index contributed by atoms with van der Waals surface area (Å²) >= 11 is 0. The Morgan fingerprint density at radius 1 is 1.19 bits per heavy atom. The number of likely N-dealkylation sites (tertiary alicyclic amines) is 1. The van der Waals surface area contributed by atoms with Gasteiger partial charge >= 0.3 is 0 Å². The molecule has 5 N–H and O–H groups in total. The minimum absolute atomic E-state index is 0.0120. The maximum Gasteiger partial charge on any atom is 0.244 e. The minimum atomic E-state index is -0.319. The Labute approximate surface area is 189 Å². The van der Waals surface area contributed by atoms with Gasteiger partial charge in [0.1, 0.15) is 17.3 Å². The van der Waals surface area contributed by atoms with Crippen LogP contribution in [0.3, 0.4) is 0 Å². The third kappa shape index (κ3) is 5.91. The van der Waals surface area contributed by atoms with E-state index < -0.39 is 0 Å². The number of nitrogens with zero attached hydrogens (tertiary/aromatic N) is 3. The SMILES string of the molecule is CC(C)N(CC(=O)Nc1cc(C(N)=NC2CCN(C)CC2)ccc1O)c1ccccc1O. The van der Waals surface area contributed by atoms with Crippen molar-refractivity contribution >= 4 is 23.1 Å². The number of hydrogen-bond acceptors (Lipinski definition) is 6. The standard InChI is InChI=1S/C24H33N5O3/c1-16(2)29(20-6-4-5-7-22(20)31)15-23(32)27-19-14-17(8-9-21(19)30)24(25)26-18-10-12-28(3)13-11-18/h4-9,14,16,18,30-31H,10-13,15H2,1-3H3,(H2,25,26)(H,27,32). The van der Waals surface area contributed by atoms with Gasteiger partial charge in [-0.2, -0.15) is 0 Å². The quantitative estimate of drug-likeness (QED) is 0.300. The number of amidine groups is 1. The first-order valence-corrected chi connectivity index (χ1v) is 10.9. The van der Waals surface area contributed by atoms with E-state index in [9.17, 15) is 15.0 Å². The summed E-state index contributed by atoms with van der Waals surface area (Å²) in [6, 6.07) is 11.9. The Bertz CT molecular complexity index is 968. The molecule has 1 aliphatic rings. The topological polar surface area (TPSA) is 114 Å². The second-order valence-corrected chi connectivity index (χ2v) is 8.54. The number of nitrogens with one attached hydrogen (secondary N) is 1. The summed E-state index contributed by atoms with van der Waals surface area (Å²) in [7, 11) is 2.10. The van der Waals surface area contributed by atoms with Crippen LogP contribution in [0.4, 0.5) is 11.4 Å². The Kier molecular flexibility index (Phi) is 7.58. The maximum atomic E-state index is 12.8. The van der Waals surface area contributed by atoms with Gasteiger partial charge in [-0.15, -0.1) is 0 Å². The number of piperidine rings is 1. The van der Waals surface area contributed by atoms with Crippen molar-refractivity contribution in [2.75, 3.05) is 36.9 Å². The molecule has 0 unspecified atom stereocenters. The molecule has 2 aromatic carbocycles. The molecule has 1 amide bonds. The molecule has 2 aromatic rings. The van der Waals surface area contributed by atoms with Crippen LogP contribution in [0.2, 0.25) is 0 Å². The number of phenols is 2. The van der Waals surface area contributed by atoms with Crippen LogP contribution in [0.1, 0.15) is 32.3 Å². The average molecular weight is 440 g/mol. The van der Waals surface area contributed by atoms with E-state index in [4.69, 9.17) is 5.73 Å². The van der Waals surface area contributed by atoms with Gasteiger partial charge in [0.15, 0.2) is 0 Å². The third-order valence-electron chi connectivity index (χ3n) is 5.70. The minimum Gasteiger partial charge on any atom is -0.506 e. The zero-order chi connectivity index (χ0) is 23.3. The van der Waals surface area contributed by atoms with Crippen molar-refractivity contribution in [1.82, 2.24) is 4.90 Å². The molecule has 1 heterocycles. The second kappa shape index (κ2) is 10.4. The van der Waals surface area contributed by atoms with Crippen molar-refractivity contribution in [2.24, 2.45) is 10.7 Å². The first-order chi connectivity index (χ1) is 15.2. The predicted octanol–water partition coefficient (Wildman–Crippen LogP) is 2.75. The number of rotatable bonds is 7. The van der Waals surface area contributed by atoms with Gasteiger partial charge in [-0.1, -0.05) is 12.1 Å². The fourth-order valence-electron chi connectivity index (χ4n) is 3.79. The highest BCUT2D eigenvalue weighted by Crippen LogP contribution is 2.29. The molecule has 0 saturated carbocycles. The van der Waals surface area contributed by atoms with E-state index in [0.29, 0.717) is 17.1 Å². The lowest BCUT2D eigenvalue weighted by atomic mass is 10.1. The molecular weight excluding hydrogens is 406 g/mol. The van der Waals surface area contributed by atoms with Crippen molar-refractivity contribution in [3.05, 3.63) is 48.0 Å². The molecule has 8 nitrogen and oxygen atoms in total. The lowest BCUT2D eigenvalue weighted by molar-refractivity contribution is -0.115. The van der Waals surface area contributed by atoms with Gasteiger partial charge < -0.3 is 31.1 Å². The average Bonchev–Trinajstić information content (AvgIpc) is 2.75. The number of phenolic OH excluding ortho intramolecular Hbond substituents is 2. The number of aliphatic imine (C=N–C) groups is 1. The first kappa shape index (κ1) is 23.4. The summed E-state index contributed by atoms with van der Waals surface area (Å²) in [6.45, 7) is 5.87. The largest absolute Gasteiger partial charge is 0.506 e.